The summed E-state index contributed by atoms with van der Waals surface area (Å²) in [6, 6.07) is 9.19. The molecule has 0 saturated carbocycles. The number of nitrogens with one attached hydrogen (secondary N) is 1. The van der Waals surface area contributed by atoms with Crippen molar-refractivity contribution >= 4 is 15.7 Å². The second-order valence-corrected chi connectivity index (χ2v) is 5.51. The number of anilines is 1. The molecule has 0 atom stereocenters. The highest BCUT2D eigenvalue weighted by molar-refractivity contribution is 7.92. The smallest absolute Gasteiger partial charge is 0.278 e. The Bertz CT molecular complexity index is 839. The molecule has 0 amide bonds. The van der Waals surface area contributed by atoms with Gasteiger partial charge in [-0.2, -0.15) is 24.0 Å². The summed E-state index contributed by atoms with van der Waals surface area (Å²) < 4.78 is 27.8. The topological polar surface area (TPSA) is 112 Å². The number of hydrogen-bond donors (Lipinski definition) is 1. The van der Waals surface area contributed by atoms with Crippen LogP contribution in [0.2, 0.25) is 0 Å². The first-order valence-electron chi connectivity index (χ1n) is 5.43. The molecule has 0 aliphatic heterocycles. The molecule has 1 aromatic carbocycles. The van der Waals surface area contributed by atoms with Gasteiger partial charge in [0.2, 0.25) is 0 Å². The molecule has 7 nitrogen and oxygen atoms in total. The van der Waals surface area contributed by atoms with Gasteiger partial charge in [-0.3, -0.25) is 9.40 Å². The van der Waals surface area contributed by atoms with E-state index in [0.29, 0.717) is 0 Å². The van der Waals surface area contributed by atoms with Crippen molar-refractivity contribution in [3.8, 4) is 12.1 Å². The van der Waals surface area contributed by atoms with Crippen molar-refractivity contribution < 1.29 is 8.42 Å². The van der Waals surface area contributed by atoms with Gasteiger partial charge in [-0.15, -0.1) is 0 Å². The van der Waals surface area contributed by atoms with Gasteiger partial charge in [-0.1, -0.05) is 0 Å². The second-order valence-electron chi connectivity index (χ2n) is 3.88. The van der Waals surface area contributed by atoms with E-state index in [1.165, 1.54) is 42.2 Å². The van der Waals surface area contributed by atoms with Gasteiger partial charge in [-0.05, 0) is 24.3 Å². The van der Waals surface area contributed by atoms with Crippen LogP contribution in [-0.4, -0.2) is 18.2 Å². The number of rotatable bonds is 3. The quantitative estimate of drug-likeness (QED) is 0.903. The number of hydrogen-bond acceptors (Lipinski definition) is 5. The fourth-order valence-corrected chi connectivity index (χ4v) is 2.81. The van der Waals surface area contributed by atoms with Gasteiger partial charge in [0.1, 0.15) is 12.1 Å². The standard InChI is InChI=1S/C12H9N5O2S/c1-17-12(4-5-15-17)20(18,19)16-11-3-2-9(7-13)10(6-11)8-14/h2-6,16H,1H3. The molecule has 100 valence electrons. The van der Waals surface area contributed by atoms with Crippen LogP contribution in [0.15, 0.2) is 35.5 Å². The van der Waals surface area contributed by atoms with Crippen LogP contribution in [0, 0.1) is 22.7 Å². The summed E-state index contributed by atoms with van der Waals surface area (Å²) in [5.74, 6) is 0. The van der Waals surface area contributed by atoms with E-state index in [-0.39, 0.29) is 21.8 Å². The molecule has 0 aliphatic rings. The highest BCUT2D eigenvalue weighted by Crippen LogP contribution is 2.18. The molecule has 8 heteroatoms. The lowest BCUT2D eigenvalue weighted by molar-refractivity contribution is 0.582. The fraction of sp³-hybridized carbons (Fsp3) is 0.0833. The van der Waals surface area contributed by atoms with Gasteiger partial charge in [0.05, 0.1) is 23.0 Å². The summed E-state index contributed by atoms with van der Waals surface area (Å²) in [7, 11) is -2.28. The van der Waals surface area contributed by atoms with Gasteiger partial charge in [-0.25, -0.2) is 0 Å². The predicted molar refractivity (Wildman–Crippen MR) is 69.9 cm³/mol. The Morgan fingerprint density at radius 3 is 2.45 bits per heavy atom. The molecule has 0 fully saturated rings. The second kappa shape index (κ2) is 5.03. The third-order valence-electron chi connectivity index (χ3n) is 2.56. The molecule has 1 heterocycles. The van der Waals surface area contributed by atoms with Crippen LogP contribution in [0.3, 0.4) is 0 Å². The van der Waals surface area contributed by atoms with Gasteiger partial charge in [0.25, 0.3) is 10.0 Å². The molecule has 0 radical (unpaired) electrons. The first-order valence-corrected chi connectivity index (χ1v) is 6.91. The summed E-state index contributed by atoms with van der Waals surface area (Å²) in [5, 5.41) is 21.5. The van der Waals surface area contributed by atoms with Crippen LogP contribution in [0.5, 0.6) is 0 Å². The van der Waals surface area contributed by atoms with Crippen molar-refractivity contribution in [1.82, 2.24) is 9.78 Å². The summed E-state index contributed by atoms with van der Waals surface area (Å²) >= 11 is 0. The maximum atomic E-state index is 12.1. The van der Waals surface area contributed by atoms with Crippen LogP contribution in [-0.2, 0) is 17.1 Å². The Kier molecular flexibility index (Phi) is 3.42. The van der Waals surface area contributed by atoms with Gasteiger partial charge in [0, 0.05) is 7.05 Å². The van der Waals surface area contributed by atoms with Crippen LogP contribution < -0.4 is 4.72 Å². The lowest BCUT2D eigenvalue weighted by atomic mass is 10.1. The van der Waals surface area contributed by atoms with E-state index in [2.05, 4.69) is 9.82 Å². The Balaban J connectivity index is 2.39. The minimum absolute atomic E-state index is 0.000340. The van der Waals surface area contributed by atoms with Crippen LogP contribution in [0.25, 0.3) is 0 Å². The first kappa shape index (κ1) is 13.6. The third-order valence-corrected chi connectivity index (χ3v) is 4.02. The Hall–Kier alpha value is -2.84. The Labute approximate surface area is 115 Å². The van der Waals surface area contributed by atoms with Crippen molar-refractivity contribution in [2.24, 2.45) is 7.05 Å². The number of sulfonamides is 1. The molecule has 0 spiro atoms. The fourth-order valence-electron chi connectivity index (χ4n) is 1.63. The average molecular weight is 287 g/mol. The molecule has 1 N–H and O–H groups in total. The van der Waals surface area contributed by atoms with Crippen molar-refractivity contribution in [3.05, 3.63) is 41.6 Å². The number of aryl methyl sites for hydroxylation is 1. The number of nitrogens with zero attached hydrogens (tertiary/aromatic N) is 4. The van der Waals surface area contributed by atoms with Gasteiger partial charge >= 0.3 is 0 Å². The zero-order valence-electron chi connectivity index (χ0n) is 10.4. The maximum absolute atomic E-state index is 12.1. The largest absolute Gasteiger partial charge is 0.279 e. The molecular formula is C12H9N5O2S. The van der Waals surface area contributed by atoms with Crippen LogP contribution in [0.4, 0.5) is 5.69 Å². The molecular weight excluding hydrogens is 278 g/mol. The summed E-state index contributed by atoms with van der Waals surface area (Å²) in [4.78, 5) is 0. The van der Waals surface area contributed by atoms with Crippen LogP contribution in [0.1, 0.15) is 11.1 Å². The van der Waals surface area contributed by atoms with E-state index in [9.17, 15) is 8.42 Å². The van der Waals surface area contributed by atoms with Crippen molar-refractivity contribution in [1.29, 1.82) is 10.5 Å². The van der Waals surface area contributed by atoms with Crippen LogP contribution >= 0.6 is 0 Å². The normalized spacial score (nSPS) is 10.6. The third kappa shape index (κ3) is 2.46. The monoisotopic (exact) mass is 287 g/mol. The molecule has 1 aromatic heterocycles. The highest BCUT2D eigenvalue weighted by atomic mass is 32.2. The van der Waals surface area contributed by atoms with Crippen molar-refractivity contribution in [2.75, 3.05) is 4.72 Å². The van der Waals surface area contributed by atoms with Crippen molar-refractivity contribution in [3.63, 3.8) is 0 Å². The summed E-state index contributed by atoms with van der Waals surface area (Å²) in [5.41, 5.74) is 0.510. The van der Waals surface area contributed by atoms with Gasteiger partial charge in [0.15, 0.2) is 5.03 Å². The molecule has 0 saturated heterocycles. The highest BCUT2D eigenvalue weighted by Gasteiger charge is 2.18. The predicted octanol–water partition coefficient (Wildman–Crippen LogP) is 0.964. The lowest BCUT2D eigenvalue weighted by Crippen LogP contribution is -2.16. The number of nitriles is 2. The average Bonchev–Trinajstić information content (AvgIpc) is 2.85. The van der Waals surface area contributed by atoms with E-state index in [4.69, 9.17) is 10.5 Å². The minimum Gasteiger partial charge on any atom is -0.278 e. The summed E-state index contributed by atoms with van der Waals surface area (Å²) in [6.45, 7) is 0. The Morgan fingerprint density at radius 2 is 1.90 bits per heavy atom. The Morgan fingerprint density at radius 1 is 1.20 bits per heavy atom. The minimum atomic E-state index is -3.79. The zero-order valence-corrected chi connectivity index (χ0v) is 11.2. The first-order chi connectivity index (χ1) is 9.47. The van der Waals surface area contributed by atoms with E-state index in [1.807, 2.05) is 12.1 Å². The SMILES string of the molecule is Cn1nccc1S(=O)(=O)Nc1ccc(C#N)c(C#N)c1. The van der Waals surface area contributed by atoms with Gasteiger partial charge < -0.3 is 0 Å². The molecule has 2 rings (SSSR count). The lowest BCUT2D eigenvalue weighted by Gasteiger charge is -2.08. The summed E-state index contributed by atoms with van der Waals surface area (Å²) in [6.07, 6.45) is 1.37. The van der Waals surface area contributed by atoms with Crippen molar-refractivity contribution in [2.45, 2.75) is 5.03 Å². The molecule has 0 aliphatic carbocycles. The molecule has 20 heavy (non-hydrogen) atoms. The molecule has 2 aromatic rings. The number of aromatic nitrogens is 2. The van der Waals surface area contributed by atoms with E-state index < -0.39 is 10.0 Å². The zero-order chi connectivity index (χ0) is 14.8. The van der Waals surface area contributed by atoms with E-state index in [1.54, 1.807) is 0 Å². The van der Waals surface area contributed by atoms with E-state index >= 15 is 0 Å². The van der Waals surface area contributed by atoms with E-state index in [0.717, 1.165) is 0 Å². The molecule has 0 unspecified atom stereocenters. The maximum Gasteiger partial charge on any atom is 0.279 e. The molecule has 0 bridgehead atoms. The number of benzene rings is 1.